The van der Waals surface area contributed by atoms with Gasteiger partial charge in [-0.05, 0) is 42.7 Å². The van der Waals surface area contributed by atoms with Gasteiger partial charge >= 0.3 is 0 Å². The largest absolute Gasteiger partial charge is 0.383 e. The summed E-state index contributed by atoms with van der Waals surface area (Å²) >= 11 is 0. The van der Waals surface area contributed by atoms with Gasteiger partial charge in [-0.2, -0.15) is 10.4 Å². The van der Waals surface area contributed by atoms with Crippen LogP contribution in [0.25, 0.3) is 21.8 Å². The van der Waals surface area contributed by atoms with Crippen LogP contribution in [0.3, 0.4) is 0 Å². The van der Waals surface area contributed by atoms with Crippen molar-refractivity contribution in [3.63, 3.8) is 0 Å². The van der Waals surface area contributed by atoms with Gasteiger partial charge in [-0.3, -0.25) is 14.5 Å². The van der Waals surface area contributed by atoms with Gasteiger partial charge in [0, 0.05) is 37.3 Å². The molecule has 4 heterocycles. The van der Waals surface area contributed by atoms with Crippen LogP contribution in [0.5, 0.6) is 0 Å². The number of rotatable bonds is 2. The van der Waals surface area contributed by atoms with Crippen LogP contribution in [0.4, 0.5) is 11.6 Å². The van der Waals surface area contributed by atoms with Gasteiger partial charge in [0.25, 0.3) is 5.91 Å². The minimum Gasteiger partial charge on any atom is -0.383 e. The summed E-state index contributed by atoms with van der Waals surface area (Å²) in [4.78, 5) is 22.7. The number of carbonyl (C=O) groups is 1. The quantitative estimate of drug-likeness (QED) is 0.524. The first-order chi connectivity index (χ1) is 15.4. The molecule has 9 nitrogen and oxygen atoms in total. The SMILES string of the molecule is Cc1cc2nc(N)c3cnn(C)c3c2cc1C(=O)N1CC(C)CN1c1ncccc1C#N. The van der Waals surface area contributed by atoms with Crippen LogP contribution in [-0.2, 0) is 7.05 Å². The highest BCUT2D eigenvalue weighted by Gasteiger charge is 2.35. The predicted molar refractivity (Wildman–Crippen MR) is 122 cm³/mol. The Bertz CT molecular complexity index is 1430. The third kappa shape index (κ3) is 2.92. The lowest BCUT2D eigenvalue weighted by Gasteiger charge is -2.29. The molecule has 1 amide bonds. The highest BCUT2D eigenvalue weighted by molar-refractivity contribution is 6.10. The van der Waals surface area contributed by atoms with E-state index in [1.165, 1.54) is 0 Å². The van der Waals surface area contributed by atoms with E-state index in [4.69, 9.17) is 5.73 Å². The summed E-state index contributed by atoms with van der Waals surface area (Å²) in [6, 6.07) is 9.37. The van der Waals surface area contributed by atoms with Gasteiger partial charge in [0.1, 0.15) is 11.9 Å². The number of pyridine rings is 2. The summed E-state index contributed by atoms with van der Waals surface area (Å²) in [5.74, 6) is 1.00. The third-order valence-corrected chi connectivity index (χ3v) is 5.93. The second-order valence-electron chi connectivity index (χ2n) is 8.27. The Morgan fingerprint density at radius 2 is 2.09 bits per heavy atom. The fourth-order valence-electron chi connectivity index (χ4n) is 4.41. The van der Waals surface area contributed by atoms with E-state index in [0.29, 0.717) is 35.9 Å². The molecule has 0 saturated carbocycles. The molecule has 1 aliphatic heterocycles. The molecule has 1 aromatic carbocycles. The number of aryl methyl sites for hydroxylation is 2. The summed E-state index contributed by atoms with van der Waals surface area (Å²) in [6.07, 6.45) is 3.32. The number of hydrazine groups is 1. The Morgan fingerprint density at radius 3 is 2.88 bits per heavy atom. The van der Waals surface area contributed by atoms with Gasteiger partial charge in [0.05, 0.1) is 28.2 Å². The van der Waals surface area contributed by atoms with Crippen molar-refractivity contribution >= 4 is 39.3 Å². The maximum absolute atomic E-state index is 13.8. The highest BCUT2D eigenvalue weighted by atomic mass is 16.2. The molecule has 0 aliphatic carbocycles. The fourth-order valence-corrected chi connectivity index (χ4v) is 4.41. The molecule has 0 radical (unpaired) electrons. The number of fused-ring (bicyclic) bond motifs is 3. The van der Waals surface area contributed by atoms with Crippen molar-refractivity contribution in [2.75, 3.05) is 23.8 Å². The zero-order valence-corrected chi connectivity index (χ0v) is 18.1. The van der Waals surface area contributed by atoms with Crippen molar-refractivity contribution in [3.8, 4) is 6.07 Å². The van der Waals surface area contributed by atoms with Gasteiger partial charge in [0.2, 0.25) is 0 Å². The molecule has 2 N–H and O–H groups in total. The maximum atomic E-state index is 13.8. The molecule has 32 heavy (non-hydrogen) atoms. The Hall–Kier alpha value is -4.19. The van der Waals surface area contributed by atoms with E-state index < -0.39 is 0 Å². The van der Waals surface area contributed by atoms with Crippen molar-refractivity contribution < 1.29 is 4.79 Å². The number of nitriles is 1. The lowest BCUT2D eigenvalue weighted by atomic mass is 10.0. The minimum atomic E-state index is -0.143. The molecule has 1 saturated heterocycles. The number of benzene rings is 1. The van der Waals surface area contributed by atoms with E-state index in [-0.39, 0.29) is 11.8 Å². The number of anilines is 2. The molecule has 0 spiro atoms. The monoisotopic (exact) mass is 426 g/mol. The van der Waals surface area contributed by atoms with Gasteiger partial charge < -0.3 is 5.73 Å². The summed E-state index contributed by atoms with van der Waals surface area (Å²) in [5.41, 5.74) is 9.49. The van der Waals surface area contributed by atoms with Gasteiger partial charge in [-0.1, -0.05) is 6.92 Å². The van der Waals surface area contributed by atoms with Crippen LogP contribution >= 0.6 is 0 Å². The number of carbonyl (C=O) groups excluding carboxylic acids is 1. The molecular formula is C23H22N8O. The second kappa shape index (κ2) is 7.20. The second-order valence-corrected chi connectivity index (χ2v) is 8.27. The molecule has 5 rings (SSSR count). The molecule has 1 fully saturated rings. The van der Waals surface area contributed by atoms with E-state index in [0.717, 1.165) is 27.4 Å². The van der Waals surface area contributed by atoms with Crippen LogP contribution in [0, 0.1) is 24.2 Å². The van der Waals surface area contributed by atoms with Crippen molar-refractivity contribution in [1.82, 2.24) is 24.8 Å². The number of nitrogens with two attached hydrogens (primary N) is 1. The van der Waals surface area contributed by atoms with E-state index in [2.05, 4.69) is 28.1 Å². The van der Waals surface area contributed by atoms with Crippen LogP contribution < -0.4 is 10.7 Å². The normalized spacial score (nSPS) is 16.1. The molecular weight excluding hydrogens is 404 g/mol. The van der Waals surface area contributed by atoms with Crippen LogP contribution in [0.2, 0.25) is 0 Å². The maximum Gasteiger partial charge on any atom is 0.272 e. The van der Waals surface area contributed by atoms with Gasteiger partial charge in [0.15, 0.2) is 5.82 Å². The molecule has 160 valence electrons. The standard InChI is InChI=1S/C23H22N8O/c1-13-11-30(22-15(9-24)5-4-6-26-22)31(12-13)23(32)16-8-17-19(7-14(16)2)28-21(25)18-10-27-29(3)20(17)18/h4-8,10,13H,11-12H2,1-3H3,(H2,25,28). The summed E-state index contributed by atoms with van der Waals surface area (Å²) in [5, 5.41) is 18.9. The zero-order valence-electron chi connectivity index (χ0n) is 18.1. The molecule has 1 unspecified atom stereocenters. The molecule has 4 aromatic rings. The van der Waals surface area contributed by atoms with E-state index in [1.807, 2.05) is 31.1 Å². The van der Waals surface area contributed by atoms with Gasteiger partial charge in [-0.15, -0.1) is 0 Å². The van der Waals surface area contributed by atoms with Gasteiger partial charge in [-0.25, -0.2) is 15.0 Å². The smallest absolute Gasteiger partial charge is 0.272 e. The average molecular weight is 426 g/mol. The topological polar surface area (TPSA) is 117 Å². The predicted octanol–water partition coefficient (Wildman–Crippen LogP) is 2.79. The van der Waals surface area contributed by atoms with Crippen molar-refractivity contribution in [1.29, 1.82) is 5.26 Å². The number of hydrogen-bond acceptors (Lipinski definition) is 7. The Balaban J connectivity index is 1.64. The van der Waals surface area contributed by atoms with Crippen molar-refractivity contribution in [2.24, 2.45) is 13.0 Å². The Morgan fingerprint density at radius 1 is 1.28 bits per heavy atom. The first-order valence-electron chi connectivity index (χ1n) is 10.3. The number of aromatic nitrogens is 4. The van der Waals surface area contributed by atoms with E-state index in [9.17, 15) is 10.1 Å². The zero-order chi connectivity index (χ0) is 22.6. The Kier molecular flexibility index (Phi) is 4.44. The van der Waals surface area contributed by atoms with Crippen LogP contribution in [0.1, 0.15) is 28.4 Å². The lowest BCUT2D eigenvalue weighted by molar-refractivity contribution is 0.0769. The van der Waals surface area contributed by atoms with E-state index in [1.54, 1.807) is 34.2 Å². The molecule has 9 heteroatoms. The molecule has 1 atom stereocenters. The highest BCUT2D eigenvalue weighted by Crippen LogP contribution is 2.32. The Labute approximate surface area is 184 Å². The van der Waals surface area contributed by atoms with Crippen LogP contribution in [0.15, 0.2) is 36.7 Å². The first-order valence-corrected chi connectivity index (χ1v) is 10.3. The van der Waals surface area contributed by atoms with Crippen LogP contribution in [-0.4, -0.2) is 43.8 Å². The molecule has 1 aliphatic rings. The summed E-state index contributed by atoms with van der Waals surface area (Å²) in [7, 11) is 1.84. The fraction of sp³-hybridized carbons (Fsp3) is 0.261. The molecule has 3 aromatic heterocycles. The molecule has 0 bridgehead atoms. The number of hydrogen-bond donors (Lipinski definition) is 1. The first kappa shape index (κ1) is 19.8. The summed E-state index contributed by atoms with van der Waals surface area (Å²) < 4.78 is 1.75. The van der Waals surface area contributed by atoms with Crippen molar-refractivity contribution in [2.45, 2.75) is 13.8 Å². The number of nitrogens with zero attached hydrogens (tertiary/aromatic N) is 7. The lowest BCUT2D eigenvalue weighted by Crippen LogP contribution is -2.42. The number of nitrogen functional groups attached to an aromatic ring is 1. The minimum absolute atomic E-state index is 0.143. The van der Waals surface area contributed by atoms with Crippen molar-refractivity contribution in [3.05, 3.63) is 53.3 Å². The average Bonchev–Trinajstić information content (AvgIpc) is 3.36. The summed E-state index contributed by atoms with van der Waals surface area (Å²) in [6.45, 7) is 5.12. The van der Waals surface area contributed by atoms with E-state index >= 15 is 0 Å². The third-order valence-electron chi connectivity index (χ3n) is 5.93. The number of amides is 1.